The third kappa shape index (κ3) is 3.81. The number of fused-ring (bicyclic) bond motifs is 1. The maximum Gasteiger partial charge on any atom is 0.268 e. The van der Waals surface area contributed by atoms with E-state index in [0.717, 1.165) is 5.56 Å². The fourth-order valence-corrected chi connectivity index (χ4v) is 4.18. The van der Waals surface area contributed by atoms with Crippen molar-refractivity contribution in [1.29, 1.82) is 0 Å². The Balaban J connectivity index is 1.57. The second-order valence-corrected chi connectivity index (χ2v) is 7.98. The third-order valence-electron chi connectivity index (χ3n) is 4.55. The first-order chi connectivity index (χ1) is 13.9. The molecule has 0 radical (unpaired) electrons. The van der Waals surface area contributed by atoms with E-state index in [9.17, 15) is 9.59 Å². The molecule has 0 bridgehead atoms. The van der Waals surface area contributed by atoms with E-state index in [-0.39, 0.29) is 23.2 Å². The van der Waals surface area contributed by atoms with Gasteiger partial charge >= 0.3 is 0 Å². The van der Waals surface area contributed by atoms with E-state index in [1.807, 2.05) is 35.7 Å². The van der Waals surface area contributed by atoms with Gasteiger partial charge in [0.25, 0.3) is 11.5 Å². The zero-order valence-corrected chi connectivity index (χ0v) is 17.4. The van der Waals surface area contributed by atoms with Crippen molar-refractivity contribution in [3.8, 4) is 0 Å². The molecule has 0 aliphatic rings. The van der Waals surface area contributed by atoms with Gasteiger partial charge in [0.1, 0.15) is 15.7 Å². The molecule has 3 aromatic heterocycles. The summed E-state index contributed by atoms with van der Waals surface area (Å²) in [4.78, 5) is 33.8. The van der Waals surface area contributed by atoms with Crippen LogP contribution >= 0.6 is 22.9 Å². The van der Waals surface area contributed by atoms with Crippen molar-refractivity contribution in [3.63, 3.8) is 0 Å². The normalized spacial score (nSPS) is 11.1. The molecule has 0 aliphatic heterocycles. The van der Waals surface area contributed by atoms with Gasteiger partial charge in [0.2, 0.25) is 0 Å². The van der Waals surface area contributed by atoms with Crippen LogP contribution in [0.15, 0.2) is 46.6 Å². The number of nitrogens with one attached hydrogen (secondary N) is 1. The van der Waals surface area contributed by atoms with Crippen molar-refractivity contribution < 1.29 is 4.79 Å². The monoisotopic (exact) mass is 427 g/mol. The topological polar surface area (TPSA) is 83.9 Å². The van der Waals surface area contributed by atoms with E-state index in [1.54, 1.807) is 24.7 Å². The summed E-state index contributed by atoms with van der Waals surface area (Å²) in [7, 11) is 1.64. The zero-order valence-electron chi connectivity index (χ0n) is 15.8. The van der Waals surface area contributed by atoms with E-state index in [2.05, 4.69) is 15.1 Å². The molecule has 0 saturated heterocycles. The number of H-pyrrole nitrogens is 1. The van der Waals surface area contributed by atoms with Crippen molar-refractivity contribution >= 4 is 39.1 Å². The van der Waals surface area contributed by atoms with Crippen LogP contribution in [0.4, 0.5) is 0 Å². The van der Waals surface area contributed by atoms with Crippen molar-refractivity contribution in [2.75, 3.05) is 7.05 Å². The van der Waals surface area contributed by atoms with Gasteiger partial charge in [-0.15, -0.1) is 11.3 Å². The van der Waals surface area contributed by atoms with Gasteiger partial charge in [-0.05, 0) is 23.9 Å². The van der Waals surface area contributed by atoms with E-state index in [4.69, 9.17) is 11.6 Å². The summed E-state index contributed by atoms with van der Waals surface area (Å²) in [5, 5.41) is 6.53. The second kappa shape index (κ2) is 7.81. The van der Waals surface area contributed by atoms with Gasteiger partial charge in [0.05, 0.1) is 29.9 Å². The molecule has 0 atom stereocenters. The Morgan fingerprint density at radius 1 is 1.28 bits per heavy atom. The summed E-state index contributed by atoms with van der Waals surface area (Å²) in [6, 6.07) is 11.6. The molecule has 1 amide bonds. The molecule has 0 fully saturated rings. The maximum absolute atomic E-state index is 13.0. The molecule has 0 saturated carbocycles. The molecule has 4 rings (SSSR count). The lowest BCUT2D eigenvalue weighted by Gasteiger charge is -2.16. The quantitative estimate of drug-likeness (QED) is 0.528. The first-order valence-corrected chi connectivity index (χ1v) is 10.2. The predicted octanol–water partition coefficient (Wildman–Crippen LogP) is 3.46. The molecule has 3 heterocycles. The Morgan fingerprint density at radius 3 is 2.79 bits per heavy atom. The van der Waals surface area contributed by atoms with Gasteiger partial charge in [-0.3, -0.25) is 9.59 Å². The smallest absolute Gasteiger partial charge is 0.268 e. The van der Waals surface area contributed by atoms with Crippen LogP contribution < -0.4 is 5.56 Å². The molecule has 0 aliphatic carbocycles. The average Bonchev–Trinajstić information content (AvgIpc) is 3.27. The van der Waals surface area contributed by atoms with E-state index in [0.29, 0.717) is 33.8 Å². The van der Waals surface area contributed by atoms with E-state index >= 15 is 0 Å². The summed E-state index contributed by atoms with van der Waals surface area (Å²) in [5.41, 5.74) is 2.36. The number of rotatable bonds is 5. The SMILES string of the molecule is Cc1nn(Cc2ccccc2)c(Cl)c1C(=O)N(C)Cc1nc2ccsc2c(=O)[nH]1. The molecule has 9 heteroatoms. The van der Waals surface area contributed by atoms with Crippen LogP contribution in [0, 0.1) is 6.92 Å². The molecule has 7 nitrogen and oxygen atoms in total. The number of halogens is 1. The lowest BCUT2D eigenvalue weighted by molar-refractivity contribution is 0.0781. The Bertz CT molecular complexity index is 1240. The maximum atomic E-state index is 13.0. The number of hydrogen-bond acceptors (Lipinski definition) is 5. The highest BCUT2D eigenvalue weighted by Gasteiger charge is 2.24. The van der Waals surface area contributed by atoms with Crippen molar-refractivity contribution in [1.82, 2.24) is 24.6 Å². The molecule has 1 N–H and O–H groups in total. The van der Waals surface area contributed by atoms with Gasteiger partial charge in [-0.25, -0.2) is 9.67 Å². The molecule has 1 aromatic carbocycles. The number of carbonyl (C=O) groups excluding carboxylic acids is 1. The number of benzene rings is 1. The summed E-state index contributed by atoms with van der Waals surface area (Å²) in [6.45, 7) is 2.38. The van der Waals surface area contributed by atoms with Gasteiger partial charge in [-0.2, -0.15) is 5.10 Å². The third-order valence-corrected chi connectivity index (χ3v) is 5.84. The largest absolute Gasteiger partial charge is 0.334 e. The Morgan fingerprint density at radius 2 is 2.03 bits per heavy atom. The Hall–Kier alpha value is -2.97. The highest BCUT2D eigenvalue weighted by Crippen LogP contribution is 2.23. The van der Waals surface area contributed by atoms with Crippen LogP contribution in [0.25, 0.3) is 10.2 Å². The minimum atomic E-state index is -0.278. The number of amides is 1. The summed E-state index contributed by atoms with van der Waals surface area (Å²) >= 11 is 7.83. The first kappa shape index (κ1) is 19.4. The fraction of sp³-hybridized carbons (Fsp3) is 0.200. The minimum Gasteiger partial charge on any atom is -0.334 e. The molecule has 148 valence electrons. The lowest BCUT2D eigenvalue weighted by atomic mass is 10.2. The second-order valence-electron chi connectivity index (χ2n) is 6.70. The average molecular weight is 428 g/mol. The molecule has 29 heavy (non-hydrogen) atoms. The van der Waals surface area contributed by atoms with Gasteiger partial charge in [0, 0.05) is 7.05 Å². The number of hydrogen-bond donors (Lipinski definition) is 1. The number of nitrogens with zero attached hydrogens (tertiary/aromatic N) is 4. The molecule has 4 aromatic rings. The van der Waals surface area contributed by atoms with Crippen LogP contribution in [0.5, 0.6) is 0 Å². The molecule has 0 spiro atoms. The van der Waals surface area contributed by atoms with Crippen LogP contribution in [0.2, 0.25) is 5.15 Å². The summed E-state index contributed by atoms with van der Waals surface area (Å²) < 4.78 is 2.19. The molecule has 0 unspecified atom stereocenters. The highest BCUT2D eigenvalue weighted by molar-refractivity contribution is 7.17. The summed E-state index contributed by atoms with van der Waals surface area (Å²) in [5.74, 6) is 0.141. The number of carbonyl (C=O) groups is 1. The summed E-state index contributed by atoms with van der Waals surface area (Å²) in [6.07, 6.45) is 0. The lowest BCUT2D eigenvalue weighted by Crippen LogP contribution is -2.28. The van der Waals surface area contributed by atoms with Gasteiger partial charge in [0.15, 0.2) is 0 Å². The van der Waals surface area contributed by atoms with E-state index < -0.39 is 0 Å². The fourth-order valence-electron chi connectivity index (χ4n) is 3.14. The first-order valence-electron chi connectivity index (χ1n) is 8.92. The van der Waals surface area contributed by atoms with Crippen molar-refractivity contribution in [3.05, 3.63) is 79.9 Å². The van der Waals surface area contributed by atoms with Gasteiger partial charge < -0.3 is 9.88 Å². The highest BCUT2D eigenvalue weighted by atomic mass is 35.5. The zero-order chi connectivity index (χ0) is 20.5. The molecular weight excluding hydrogens is 410 g/mol. The van der Waals surface area contributed by atoms with Crippen molar-refractivity contribution in [2.24, 2.45) is 0 Å². The number of aromatic amines is 1. The minimum absolute atomic E-state index is 0.152. The van der Waals surface area contributed by atoms with Crippen LogP contribution in [0.3, 0.4) is 0 Å². The van der Waals surface area contributed by atoms with E-state index in [1.165, 1.54) is 16.2 Å². The standard InChI is InChI=1S/C20H18ClN5O2S/c1-12-16(18(21)26(24-12)10-13-6-4-3-5-7-13)20(28)25(2)11-15-22-14-8-9-29-17(14)19(27)23-15/h3-9H,10-11H2,1-2H3,(H,22,23,27). The Labute approximate surface area is 175 Å². The van der Waals surface area contributed by atoms with Crippen LogP contribution in [-0.2, 0) is 13.1 Å². The number of aryl methyl sites for hydroxylation is 1. The number of thiophene rings is 1. The van der Waals surface area contributed by atoms with Gasteiger partial charge in [-0.1, -0.05) is 41.9 Å². The van der Waals surface area contributed by atoms with Crippen molar-refractivity contribution in [2.45, 2.75) is 20.0 Å². The predicted molar refractivity (Wildman–Crippen MR) is 114 cm³/mol. The van der Waals surface area contributed by atoms with Crippen LogP contribution in [0.1, 0.15) is 27.4 Å². The Kier molecular flexibility index (Phi) is 5.21. The molecular formula is C20H18ClN5O2S. The number of aromatic nitrogens is 4. The van der Waals surface area contributed by atoms with Crippen LogP contribution in [-0.4, -0.2) is 37.6 Å².